The zero-order chi connectivity index (χ0) is 20.9. The summed E-state index contributed by atoms with van der Waals surface area (Å²) in [6, 6.07) is 27.9. The van der Waals surface area contributed by atoms with Crippen molar-refractivity contribution in [2.24, 2.45) is 0 Å². The third-order valence-electron chi connectivity index (χ3n) is 5.25. The van der Waals surface area contributed by atoms with Crippen molar-refractivity contribution in [3.63, 3.8) is 0 Å². The minimum Gasteiger partial charge on any atom is -0.265 e. The van der Waals surface area contributed by atoms with Crippen LogP contribution in [-0.4, -0.2) is 33.0 Å². The monoisotopic (exact) mass is 417 g/mol. The van der Waals surface area contributed by atoms with E-state index in [0.29, 0.717) is 0 Å². The molecule has 0 saturated carbocycles. The largest absolute Gasteiger partial charge is 0.265 e. The number of aromatic nitrogens is 5. The van der Waals surface area contributed by atoms with Crippen LogP contribution in [0.25, 0.3) is 11.3 Å². The van der Waals surface area contributed by atoms with Crippen LogP contribution in [-0.2, 0) is 0 Å². The Bertz CT molecular complexity index is 1170. The van der Waals surface area contributed by atoms with Crippen LogP contribution in [0.5, 0.6) is 0 Å². The number of hydrogen-bond donors (Lipinski definition) is 0. The third-order valence-corrected chi connectivity index (χ3v) is 9.55. The Morgan fingerprint density at radius 1 is 0.419 bits per heavy atom. The summed E-state index contributed by atoms with van der Waals surface area (Å²) in [5.74, 6) is 0. The van der Waals surface area contributed by atoms with Crippen LogP contribution in [0, 0.1) is 0 Å². The molecule has 5 nitrogen and oxygen atoms in total. The lowest BCUT2D eigenvalue weighted by Gasteiger charge is -2.31. The molecule has 0 fully saturated rings. The van der Waals surface area contributed by atoms with E-state index in [-0.39, 0.29) is 0 Å². The number of nitrogens with zero attached hydrogens (tertiary/aromatic N) is 5. The normalized spacial score (nSPS) is 11.2. The molecule has 0 radical (unpaired) electrons. The van der Waals surface area contributed by atoms with Crippen LogP contribution in [0.2, 0.25) is 0 Å². The van der Waals surface area contributed by atoms with E-state index in [4.69, 9.17) is 19.9 Å². The summed E-state index contributed by atoms with van der Waals surface area (Å²) in [6.07, 6.45) is 9.11. The lowest BCUT2D eigenvalue weighted by Crippen LogP contribution is -2.78. The van der Waals surface area contributed by atoms with Crippen molar-refractivity contribution in [3.8, 4) is 11.3 Å². The highest BCUT2D eigenvalue weighted by Gasteiger charge is 2.48. The van der Waals surface area contributed by atoms with E-state index in [1.807, 2.05) is 85.5 Å². The van der Waals surface area contributed by atoms with Crippen molar-refractivity contribution in [3.05, 3.63) is 116 Å². The average molecular weight is 418 g/mol. The van der Waals surface area contributed by atoms with Crippen LogP contribution < -0.4 is 21.3 Å². The van der Waals surface area contributed by atoms with Crippen molar-refractivity contribution in [1.29, 1.82) is 0 Å². The van der Waals surface area contributed by atoms with Gasteiger partial charge in [0.05, 0.1) is 11.0 Å². The van der Waals surface area contributed by atoms with Gasteiger partial charge in [-0.1, -0.05) is 24.3 Å². The molecule has 5 heterocycles. The van der Waals surface area contributed by atoms with Crippen LogP contribution in [0.1, 0.15) is 0 Å². The van der Waals surface area contributed by atoms with Crippen LogP contribution in [0.3, 0.4) is 0 Å². The van der Waals surface area contributed by atoms with Crippen LogP contribution in [0.4, 0.5) is 0 Å². The van der Waals surface area contributed by atoms with Gasteiger partial charge in [0.1, 0.15) is 0 Å². The average Bonchev–Trinajstić information content (AvgIpc) is 2.87. The molecule has 5 rings (SSSR count). The molecule has 5 aromatic rings. The zero-order valence-corrected chi connectivity index (χ0v) is 17.7. The Morgan fingerprint density at radius 2 is 0.903 bits per heavy atom. The molecule has 0 aromatic carbocycles. The summed E-state index contributed by atoms with van der Waals surface area (Å²) in [6.45, 7) is 0. The van der Waals surface area contributed by atoms with Crippen molar-refractivity contribution < 1.29 is 0 Å². The Balaban J connectivity index is 1.94. The molecule has 0 aliphatic heterocycles. The summed E-state index contributed by atoms with van der Waals surface area (Å²) in [5.41, 5.74) is 1.84. The fourth-order valence-electron chi connectivity index (χ4n) is 3.94. The highest BCUT2D eigenvalue weighted by Crippen LogP contribution is 2.17. The molecule has 0 spiro atoms. The summed E-state index contributed by atoms with van der Waals surface area (Å²) in [7, 11) is -3.01. The molecule has 0 unspecified atom stereocenters. The minimum atomic E-state index is -3.01. The number of hydrogen-bond acceptors (Lipinski definition) is 5. The van der Waals surface area contributed by atoms with Gasteiger partial charge in [0.2, 0.25) is 0 Å². The van der Waals surface area contributed by atoms with E-state index < -0.39 is 8.07 Å². The molecule has 0 aliphatic carbocycles. The van der Waals surface area contributed by atoms with Gasteiger partial charge in [-0.2, -0.15) is 0 Å². The maximum Gasteiger partial charge on any atom is 0.264 e. The highest BCUT2D eigenvalue weighted by atomic mass is 28.3. The fraction of sp³-hybridized carbons (Fsp3) is 0. The van der Waals surface area contributed by atoms with Gasteiger partial charge in [-0.15, -0.1) is 0 Å². The van der Waals surface area contributed by atoms with Gasteiger partial charge in [-0.25, -0.2) is 0 Å². The van der Waals surface area contributed by atoms with E-state index in [2.05, 4.69) is 29.2 Å². The van der Waals surface area contributed by atoms with E-state index in [0.717, 1.165) is 32.5 Å². The Morgan fingerprint density at radius 3 is 1.35 bits per heavy atom. The minimum absolute atomic E-state index is 0.866. The Kier molecular flexibility index (Phi) is 5.12. The molecule has 0 saturated heterocycles. The first kappa shape index (κ1) is 19.0. The lowest BCUT2D eigenvalue weighted by molar-refractivity contribution is 1.28. The van der Waals surface area contributed by atoms with Gasteiger partial charge in [-0.05, 0) is 60.7 Å². The van der Waals surface area contributed by atoms with E-state index in [9.17, 15) is 0 Å². The van der Waals surface area contributed by atoms with Gasteiger partial charge in [0.15, 0.2) is 0 Å². The summed E-state index contributed by atoms with van der Waals surface area (Å²) in [5, 5.41) is 3.72. The van der Waals surface area contributed by atoms with Crippen molar-refractivity contribution in [1.82, 2.24) is 24.9 Å². The highest BCUT2D eigenvalue weighted by molar-refractivity contribution is 7.18. The molecule has 0 aliphatic rings. The maximum absolute atomic E-state index is 4.96. The SMILES string of the molecule is c1ccc(-c2cccnc2[Si](c2ccccn2)(c2ccccn2)c2ccccn2)nc1. The predicted molar refractivity (Wildman–Crippen MR) is 124 cm³/mol. The molecule has 148 valence electrons. The van der Waals surface area contributed by atoms with E-state index >= 15 is 0 Å². The maximum atomic E-state index is 4.96. The van der Waals surface area contributed by atoms with E-state index in [1.165, 1.54) is 0 Å². The van der Waals surface area contributed by atoms with Gasteiger partial charge in [0, 0.05) is 52.5 Å². The molecule has 31 heavy (non-hydrogen) atoms. The smallest absolute Gasteiger partial charge is 0.264 e. The first-order valence-corrected chi connectivity index (χ1v) is 12.0. The topological polar surface area (TPSA) is 64.5 Å². The number of rotatable bonds is 5. The molecular weight excluding hydrogens is 398 g/mol. The van der Waals surface area contributed by atoms with E-state index in [1.54, 1.807) is 6.20 Å². The standard InChI is InChI=1S/C25H19N5Si/c1-5-15-26-21(11-1)20-10-9-19-30-25(20)31(22-12-2-6-16-27-22,23-13-3-7-17-28-23)24-14-4-8-18-29-24/h1-19H. The van der Waals surface area contributed by atoms with Gasteiger partial charge >= 0.3 is 0 Å². The summed E-state index contributed by atoms with van der Waals surface area (Å²) < 4.78 is 0. The molecular formula is C25H19N5Si. The third kappa shape index (κ3) is 3.33. The van der Waals surface area contributed by atoms with Gasteiger partial charge in [-0.3, -0.25) is 24.9 Å². The van der Waals surface area contributed by atoms with Crippen molar-refractivity contribution in [2.75, 3.05) is 0 Å². The molecule has 0 atom stereocenters. The second kappa shape index (κ2) is 8.37. The summed E-state index contributed by atoms with van der Waals surface area (Å²) in [4.78, 5) is 24.1. The van der Waals surface area contributed by atoms with Crippen molar-refractivity contribution in [2.45, 2.75) is 0 Å². The second-order valence-electron chi connectivity index (χ2n) is 7.01. The zero-order valence-electron chi connectivity index (χ0n) is 16.7. The number of pyridine rings is 5. The lowest BCUT2D eigenvalue weighted by atomic mass is 10.2. The van der Waals surface area contributed by atoms with Gasteiger partial charge < -0.3 is 0 Å². The first-order chi connectivity index (χ1) is 15.4. The predicted octanol–water partition coefficient (Wildman–Crippen LogP) is 1.71. The summed E-state index contributed by atoms with van der Waals surface area (Å²) >= 11 is 0. The Labute approximate surface area is 181 Å². The fourth-order valence-corrected chi connectivity index (χ4v) is 8.19. The molecule has 5 aromatic heterocycles. The molecule has 0 bridgehead atoms. The van der Waals surface area contributed by atoms with Crippen LogP contribution in [0.15, 0.2) is 116 Å². The molecule has 0 amide bonds. The quantitative estimate of drug-likeness (QED) is 0.408. The second-order valence-corrected chi connectivity index (χ2v) is 10.5. The van der Waals surface area contributed by atoms with Crippen molar-refractivity contribution >= 4 is 29.3 Å². The Hall–Kier alpha value is -4.03. The first-order valence-electron chi connectivity index (χ1n) is 10.0. The van der Waals surface area contributed by atoms with Gasteiger partial charge in [0.25, 0.3) is 8.07 Å². The van der Waals surface area contributed by atoms with Crippen LogP contribution >= 0.6 is 0 Å². The molecule has 0 N–H and O–H groups in total. The molecule has 6 heteroatoms.